The van der Waals surface area contributed by atoms with Crippen LogP contribution < -0.4 is 4.90 Å². The van der Waals surface area contributed by atoms with Gasteiger partial charge in [-0.2, -0.15) is 0 Å². The summed E-state index contributed by atoms with van der Waals surface area (Å²) >= 11 is 1.00. The minimum atomic E-state index is -0.228. The molecule has 28 heavy (non-hydrogen) atoms. The Labute approximate surface area is 169 Å². The highest BCUT2D eigenvalue weighted by molar-refractivity contribution is 8.18. The second kappa shape index (κ2) is 8.20. The highest BCUT2D eigenvalue weighted by atomic mass is 32.2. The van der Waals surface area contributed by atoms with Gasteiger partial charge < -0.3 is 9.64 Å². The summed E-state index contributed by atoms with van der Waals surface area (Å²) in [5, 5.41) is -0.220. The predicted molar refractivity (Wildman–Crippen MR) is 112 cm³/mol. The summed E-state index contributed by atoms with van der Waals surface area (Å²) in [6.45, 7) is 5.57. The van der Waals surface area contributed by atoms with Crippen LogP contribution in [0.25, 0.3) is 6.08 Å². The molecule has 2 amide bonds. The normalized spacial score (nSPS) is 19.0. The lowest BCUT2D eigenvalue weighted by Crippen LogP contribution is -2.36. The average molecular weight is 394 g/mol. The lowest BCUT2D eigenvalue weighted by Gasteiger charge is -2.28. The molecule has 0 radical (unpaired) electrons. The number of carbonyl (C=O) groups is 2. The fraction of sp³-hybridized carbons (Fsp3) is 0.273. The van der Waals surface area contributed by atoms with Gasteiger partial charge in [0.1, 0.15) is 0 Å². The molecule has 0 aromatic heterocycles. The van der Waals surface area contributed by atoms with E-state index < -0.39 is 0 Å². The van der Waals surface area contributed by atoms with Crippen molar-refractivity contribution in [2.45, 2.75) is 13.5 Å². The van der Waals surface area contributed by atoms with Crippen LogP contribution in [0.1, 0.15) is 16.7 Å². The molecular formula is C22H22N2O3S. The first kappa shape index (κ1) is 18.8. The molecule has 2 aromatic carbocycles. The van der Waals surface area contributed by atoms with Crippen LogP contribution in [-0.2, 0) is 16.1 Å². The van der Waals surface area contributed by atoms with Crippen molar-refractivity contribution in [1.29, 1.82) is 0 Å². The maximum Gasteiger partial charge on any atom is 0.293 e. The molecule has 5 nitrogen and oxygen atoms in total. The van der Waals surface area contributed by atoms with Crippen LogP contribution in [0.15, 0.2) is 53.4 Å². The summed E-state index contributed by atoms with van der Waals surface area (Å²) < 4.78 is 5.39. The van der Waals surface area contributed by atoms with Crippen molar-refractivity contribution < 1.29 is 14.3 Å². The monoisotopic (exact) mass is 394 g/mol. The van der Waals surface area contributed by atoms with E-state index in [1.54, 1.807) is 6.08 Å². The molecule has 2 aliphatic rings. The van der Waals surface area contributed by atoms with Gasteiger partial charge in [-0.1, -0.05) is 42.0 Å². The van der Waals surface area contributed by atoms with E-state index in [-0.39, 0.29) is 11.1 Å². The number of morpholine rings is 1. The van der Waals surface area contributed by atoms with Crippen molar-refractivity contribution >= 4 is 34.7 Å². The molecular weight excluding hydrogens is 372 g/mol. The number of nitrogens with zero attached hydrogens (tertiary/aromatic N) is 2. The topological polar surface area (TPSA) is 49.9 Å². The Balaban J connectivity index is 1.47. The molecule has 4 rings (SSSR count). The van der Waals surface area contributed by atoms with Gasteiger partial charge in [0.05, 0.1) is 24.7 Å². The van der Waals surface area contributed by atoms with Crippen LogP contribution in [0.4, 0.5) is 10.5 Å². The molecule has 0 spiro atoms. The second-order valence-corrected chi connectivity index (χ2v) is 7.94. The third-order valence-electron chi connectivity index (χ3n) is 4.86. The summed E-state index contributed by atoms with van der Waals surface area (Å²) in [7, 11) is 0. The van der Waals surface area contributed by atoms with E-state index in [1.807, 2.05) is 55.5 Å². The highest BCUT2D eigenvalue weighted by Gasteiger charge is 2.34. The van der Waals surface area contributed by atoms with Crippen molar-refractivity contribution in [3.8, 4) is 0 Å². The number of rotatable bonds is 4. The van der Waals surface area contributed by atoms with E-state index in [9.17, 15) is 9.59 Å². The fourth-order valence-electron chi connectivity index (χ4n) is 3.38. The van der Waals surface area contributed by atoms with E-state index in [1.165, 1.54) is 4.90 Å². The third kappa shape index (κ3) is 4.13. The van der Waals surface area contributed by atoms with Crippen molar-refractivity contribution in [3.63, 3.8) is 0 Å². The molecule has 0 saturated carbocycles. The summed E-state index contributed by atoms with van der Waals surface area (Å²) in [4.78, 5) is 29.1. The standard InChI is InChI=1S/C22H22N2O3S/c1-16-3-2-4-18(13-16)15-24-21(25)20(28-22(24)26)14-17-5-7-19(8-6-17)23-9-11-27-12-10-23/h2-8,13-14H,9-12,15H2,1H3/b20-14-. The van der Waals surface area contributed by atoms with Crippen molar-refractivity contribution in [2.75, 3.05) is 31.2 Å². The minimum absolute atomic E-state index is 0.220. The van der Waals surface area contributed by atoms with E-state index in [0.717, 1.165) is 60.4 Å². The van der Waals surface area contributed by atoms with E-state index in [4.69, 9.17) is 4.74 Å². The van der Waals surface area contributed by atoms with Gasteiger partial charge in [-0.25, -0.2) is 0 Å². The summed E-state index contributed by atoms with van der Waals surface area (Å²) in [5.74, 6) is -0.228. The van der Waals surface area contributed by atoms with E-state index in [2.05, 4.69) is 4.90 Å². The van der Waals surface area contributed by atoms with Crippen molar-refractivity contribution in [3.05, 3.63) is 70.1 Å². The SMILES string of the molecule is Cc1cccc(CN2C(=O)S/C(=C\c3ccc(N4CCOCC4)cc3)C2=O)c1. The predicted octanol–water partition coefficient (Wildman–Crippen LogP) is 4.07. The average Bonchev–Trinajstić information content (AvgIpc) is 2.97. The number of benzene rings is 2. The molecule has 0 N–H and O–H groups in total. The zero-order chi connectivity index (χ0) is 19.5. The largest absolute Gasteiger partial charge is 0.378 e. The van der Waals surface area contributed by atoms with Gasteiger partial charge in [-0.3, -0.25) is 14.5 Å². The molecule has 2 aromatic rings. The van der Waals surface area contributed by atoms with Crippen LogP contribution in [0.2, 0.25) is 0 Å². The summed E-state index contributed by atoms with van der Waals surface area (Å²) in [6, 6.07) is 15.9. The number of ether oxygens (including phenoxy) is 1. The summed E-state index contributed by atoms with van der Waals surface area (Å²) in [5.41, 5.74) is 4.13. The van der Waals surface area contributed by atoms with Crippen LogP contribution >= 0.6 is 11.8 Å². The van der Waals surface area contributed by atoms with E-state index in [0.29, 0.717) is 11.4 Å². The number of carbonyl (C=O) groups excluding carboxylic acids is 2. The first-order valence-corrected chi connectivity index (χ1v) is 10.2. The molecule has 144 valence electrons. The van der Waals surface area contributed by atoms with Crippen LogP contribution in [0.5, 0.6) is 0 Å². The van der Waals surface area contributed by atoms with Gasteiger partial charge in [0.15, 0.2) is 0 Å². The second-order valence-electron chi connectivity index (χ2n) is 6.95. The molecule has 6 heteroatoms. The zero-order valence-corrected chi connectivity index (χ0v) is 16.6. The smallest absolute Gasteiger partial charge is 0.293 e. The summed E-state index contributed by atoms with van der Waals surface area (Å²) in [6.07, 6.45) is 1.80. The van der Waals surface area contributed by atoms with E-state index >= 15 is 0 Å². The Morgan fingerprint density at radius 3 is 2.54 bits per heavy atom. The zero-order valence-electron chi connectivity index (χ0n) is 15.8. The molecule has 0 aliphatic carbocycles. The number of thioether (sulfide) groups is 1. The number of amides is 2. The molecule has 0 atom stereocenters. The van der Waals surface area contributed by atoms with Gasteiger partial charge in [0.25, 0.3) is 11.1 Å². The molecule has 2 heterocycles. The maximum absolute atomic E-state index is 12.7. The highest BCUT2D eigenvalue weighted by Crippen LogP contribution is 2.33. The Morgan fingerprint density at radius 1 is 1.07 bits per heavy atom. The molecule has 0 unspecified atom stereocenters. The Hall–Kier alpha value is -2.57. The maximum atomic E-state index is 12.7. The van der Waals surface area contributed by atoms with Crippen molar-refractivity contribution in [2.24, 2.45) is 0 Å². The first-order chi connectivity index (χ1) is 13.6. The van der Waals surface area contributed by atoms with Gasteiger partial charge in [0, 0.05) is 18.8 Å². The van der Waals surface area contributed by atoms with Crippen LogP contribution in [0.3, 0.4) is 0 Å². The lowest BCUT2D eigenvalue weighted by molar-refractivity contribution is -0.123. The molecule has 2 aliphatic heterocycles. The Morgan fingerprint density at radius 2 is 1.82 bits per heavy atom. The van der Waals surface area contributed by atoms with Crippen LogP contribution in [0, 0.1) is 6.92 Å². The Kier molecular flexibility index (Phi) is 5.50. The number of hydrogen-bond donors (Lipinski definition) is 0. The number of imide groups is 1. The number of hydrogen-bond acceptors (Lipinski definition) is 5. The van der Waals surface area contributed by atoms with Gasteiger partial charge in [-0.05, 0) is 48.0 Å². The lowest BCUT2D eigenvalue weighted by atomic mass is 10.1. The first-order valence-electron chi connectivity index (χ1n) is 9.34. The van der Waals surface area contributed by atoms with Crippen molar-refractivity contribution in [1.82, 2.24) is 4.90 Å². The third-order valence-corrected chi connectivity index (χ3v) is 5.77. The number of anilines is 1. The molecule has 0 bridgehead atoms. The molecule has 2 saturated heterocycles. The number of aryl methyl sites for hydroxylation is 1. The van der Waals surface area contributed by atoms with Gasteiger partial charge >= 0.3 is 0 Å². The minimum Gasteiger partial charge on any atom is -0.378 e. The van der Waals surface area contributed by atoms with Gasteiger partial charge in [-0.15, -0.1) is 0 Å². The quantitative estimate of drug-likeness (QED) is 0.732. The van der Waals surface area contributed by atoms with Crippen LogP contribution in [-0.4, -0.2) is 42.3 Å². The fourth-order valence-corrected chi connectivity index (χ4v) is 4.22. The van der Waals surface area contributed by atoms with Gasteiger partial charge in [0.2, 0.25) is 0 Å². The molecule has 2 fully saturated rings. The Bertz CT molecular complexity index is 918.